The Morgan fingerprint density at radius 2 is 2.29 bits per heavy atom. The first kappa shape index (κ1) is 15.4. The van der Waals surface area contributed by atoms with Crippen molar-refractivity contribution < 1.29 is 9.53 Å². The van der Waals surface area contributed by atoms with E-state index >= 15 is 0 Å². The molecule has 0 amide bonds. The second-order valence-corrected chi connectivity index (χ2v) is 4.98. The van der Waals surface area contributed by atoms with E-state index in [4.69, 9.17) is 16.3 Å². The van der Waals surface area contributed by atoms with Crippen LogP contribution in [0.2, 0.25) is 5.02 Å². The highest BCUT2D eigenvalue weighted by atomic mass is 35.5. The topological polar surface area (TPSA) is 56.2 Å². The highest BCUT2D eigenvalue weighted by Gasteiger charge is 2.11. The average Bonchev–Trinajstić information content (AvgIpc) is 2.93. The molecular formula is C15H18ClN3O2. The number of carbonyl (C=O) groups excluding carboxylic acids is 1. The van der Waals surface area contributed by atoms with E-state index in [9.17, 15) is 4.79 Å². The summed E-state index contributed by atoms with van der Waals surface area (Å²) in [5.74, 6) is 0.502. The summed E-state index contributed by atoms with van der Waals surface area (Å²) < 4.78 is 6.81. The highest BCUT2D eigenvalue weighted by molar-refractivity contribution is 6.33. The molecule has 112 valence electrons. The van der Waals surface area contributed by atoms with Crippen LogP contribution in [0.25, 0.3) is 0 Å². The minimum atomic E-state index is -0.448. The summed E-state index contributed by atoms with van der Waals surface area (Å²) in [6.07, 6.45) is 4.80. The highest BCUT2D eigenvalue weighted by Crippen LogP contribution is 2.21. The molecule has 0 atom stereocenters. The molecule has 2 rings (SSSR count). The molecule has 1 aromatic carbocycles. The number of imidazole rings is 1. The van der Waals surface area contributed by atoms with Gasteiger partial charge in [-0.05, 0) is 24.6 Å². The molecule has 1 heterocycles. The number of rotatable bonds is 6. The van der Waals surface area contributed by atoms with Gasteiger partial charge in [-0.25, -0.2) is 9.78 Å². The molecular weight excluding hydrogens is 290 g/mol. The molecule has 2 aromatic rings. The van der Waals surface area contributed by atoms with Gasteiger partial charge in [0.1, 0.15) is 5.82 Å². The van der Waals surface area contributed by atoms with Crippen molar-refractivity contribution in [3.8, 4) is 0 Å². The fourth-order valence-electron chi connectivity index (χ4n) is 2.03. The Hall–Kier alpha value is -2.01. The number of ether oxygens (including phenoxy) is 1. The molecule has 0 saturated heterocycles. The number of anilines is 1. The maximum Gasteiger partial charge on any atom is 0.339 e. The van der Waals surface area contributed by atoms with E-state index in [1.165, 1.54) is 7.11 Å². The van der Waals surface area contributed by atoms with Crippen LogP contribution < -0.4 is 5.32 Å². The van der Waals surface area contributed by atoms with Gasteiger partial charge in [-0.3, -0.25) is 0 Å². The lowest BCUT2D eigenvalue weighted by Gasteiger charge is -2.10. The Morgan fingerprint density at radius 3 is 3.00 bits per heavy atom. The van der Waals surface area contributed by atoms with E-state index < -0.39 is 5.97 Å². The third-order valence-corrected chi connectivity index (χ3v) is 3.42. The van der Waals surface area contributed by atoms with Crippen molar-refractivity contribution in [3.05, 3.63) is 47.0 Å². The Balaban J connectivity index is 2.09. The molecule has 1 N–H and O–H groups in total. The van der Waals surface area contributed by atoms with Crippen LogP contribution in [0.3, 0.4) is 0 Å². The number of hydrogen-bond acceptors (Lipinski definition) is 4. The van der Waals surface area contributed by atoms with Crippen molar-refractivity contribution in [2.75, 3.05) is 12.4 Å². The normalized spacial score (nSPS) is 10.4. The van der Waals surface area contributed by atoms with Crippen LogP contribution in [0, 0.1) is 0 Å². The minimum Gasteiger partial charge on any atom is -0.465 e. The smallest absolute Gasteiger partial charge is 0.339 e. The molecule has 0 radical (unpaired) electrons. The summed E-state index contributed by atoms with van der Waals surface area (Å²) >= 11 is 5.99. The first-order valence-electron chi connectivity index (χ1n) is 6.77. The van der Waals surface area contributed by atoms with Crippen molar-refractivity contribution >= 4 is 23.3 Å². The van der Waals surface area contributed by atoms with Crippen LogP contribution in [0.4, 0.5) is 5.69 Å². The Bertz CT molecular complexity index is 625. The van der Waals surface area contributed by atoms with Gasteiger partial charge in [-0.15, -0.1) is 0 Å². The lowest BCUT2D eigenvalue weighted by molar-refractivity contribution is 0.0601. The molecule has 0 aliphatic rings. The SMILES string of the molecule is CCCn1ccnc1CNc1ccc(Cl)c(C(=O)OC)c1. The largest absolute Gasteiger partial charge is 0.465 e. The van der Waals surface area contributed by atoms with Crippen LogP contribution in [-0.2, 0) is 17.8 Å². The zero-order valence-electron chi connectivity index (χ0n) is 12.1. The third-order valence-electron chi connectivity index (χ3n) is 3.09. The predicted molar refractivity (Wildman–Crippen MR) is 82.6 cm³/mol. The van der Waals surface area contributed by atoms with Crippen LogP contribution in [0.5, 0.6) is 0 Å². The number of benzene rings is 1. The van der Waals surface area contributed by atoms with Gasteiger partial charge in [0, 0.05) is 24.6 Å². The molecule has 0 fully saturated rings. The van der Waals surface area contributed by atoms with E-state index in [0.717, 1.165) is 24.5 Å². The number of methoxy groups -OCH3 is 1. The van der Waals surface area contributed by atoms with E-state index in [1.807, 2.05) is 12.3 Å². The standard InChI is InChI=1S/C15H18ClN3O2/c1-3-7-19-8-6-17-14(19)10-18-11-4-5-13(16)12(9-11)15(20)21-2/h4-6,8-9,18H,3,7,10H2,1-2H3. The third kappa shape index (κ3) is 3.76. The zero-order valence-corrected chi connectivity index (χ0v) is 12.9. The second-order valence-electron chi connectivity index (χ2n) is 4.58. The number of carbonyl (C=O) groups is 1. The molecule has 0 aliphatic heterocycles. The van der Waals surface area contributed by atoms with Gasteiger partial charge in [0.15, 0.2) is 0 Å². The zero-order chi connectivity index (χ0) is 15.2. The number of aryl methyl sites for hydroxylation is 1. The van der Waals surface area contributed by atoms with Crippen LogP contribution in [0.1, 0.15) is 29.5 Å². The monoisotopic (exact) mass is 307 g/mol. The summed E-state index contributed by atoms with van der Waals surface area (Å²) in [6.45, 7) is 3.64. The molecule has 1 aromatic heterocycles. The van der Waals surface area contributed by atoms with Crippen molar-refractivity contribution in [1.82, 2.24) is 9.55 Å². The summed E-state index contributed by atoms with van der Waals surface area (Å²) in [6, 6.07) is 5.18. The number of nitrogens with zero attached hydrogens (tertiary/aromatic N) is 2. The van der Waals surface area contributed by atoms with Crippen molar-refractivity contribution in [1.29, 1.82) is 0 Å². The maximum atomic E-state index is 11.6. The molecule has 6 heteroatoms. The van der Waals surface area contributed by atoms with E-state index in [-0.39, 0.29) is 0 Å². The van der Waals surface area contributed by atoms with E-state index in [0.29, 0.717) is 17.1 Å². The van der Waals surface area contributed by atoms with Gasteiger partial charge >= 0.3 is 5.97 Å². The summed E-state index contributed by atoms with van der Waals surface area (Å²) in [7, 11) is 1.33. The van der Waals surface area contributed by atoms with Gasteiger partial charge in [0.2, 0.25) is 0 Å². The van der Waals surface area contributed by atoms with Gasteiger partial charge in [0.25, 0.3) is 0 Å². The Labute approximate surface area is 128 Å². The Kier molecular flexibility index (Phi) is 5.22. The Morgan fingerprint density at radius 1 is 1.48 bits per heavy atom. The van der Waals surface area contributed by atoms with Crippen LogP contribution in [-0.4, -0.2) is 22.6 Å². The van der Waals surface area contributed by atoms with Crippen molar-refractivity contribution in [2.45, 2.75) is 26.4 Å². The molecule has 0 bridgehead atoms. The first-order valence-corrected chi connectivity index (χ1v) is 7.15. The van der Waals surface area contributed by atoms with Gasteiger partial charge in [-0.1, -0.05) is 18.5 Å². The minimum absolute atomic E-state index is 0.348. The molecule has 5 nitrogen and oxygen atoms in total. The average molecular weight is 308 g/mol. The summed E-state index contributed by atoms with van der Waals surface area (Å²) in [4.78, 5) is 15.9. The fourth-order valence-corrected chi connectivity index (χ4v) is 2.23. The number of halogens is 1. The molecule has 0 saturated carbocycles. The van der Waals surface area contributed by atoms with Crippen LogP contribution in [0.15, 0.2) is 30.6 Å². The lowest BCUT2D eigenvalue weighted by atomic mass is 10.2. The predicted octanol–water partition coefficient (Wildman–Crippen LogP) is 3.35. The van der Waals surface area contributed by atoms with Gasteiger partial charge in [-0.2, -0.15) is 0 Å². The number of nitrogens with one attached hydrogen (secondary N) is 1. The first-order chi connectivity index (χ1) is 10.2. The second kappa shape index (κ2) is 7.13. The van der Waals surface area contributed by atoms with E-state index in [1.54, 1.807) is 18.3 Å². The van der Waals surface area contributed by atoms with Crippen LogP contribution >= 0.6 is 11.6 Å². The summed E-state index contributed by atoms with van der Waals surface area (Å²) in [5, 5.41) is 3.62. The van der Waals surface area contributed by atoms with Crippen molar-refractivity contribution in [2.24, 2.45) is 0 Å². The lowest BCUT2D eigenvalue weighted by Crippen LogP contribution is -2.09. The van der Waals surface area contributed by atoms with Crippen molar-refractivity contribution in [3.63, 3.8) is 0 Å². The maximum absolute atomic E-state index is 11.6. The molecule has 0 unspecified atom stereocenters. The number of esters is 1. The number of aromatic nitrogens is 2. The molecule has 0 spiro atoms. The molecule has 0 aliphatic carbocycles. The van der Waals surface area contributed by atoms with Gasteiger partial charge < -0.3 is 14.6 Å². The molecule has 21 heavy (non-hydrogen) atoms. The fraction of sp³-hybridized carbons (Fsp3) is 0.333. The quantitative estimate of drug-likeness (QED) is 0.832. The van der Waals surface area contributed by atoms with Gasteiger partial charge in [0.05, 0.1) is 24.2 Å². The number of hydrogen-bond donors (Lipinski definition) is 1. The van der Waals surface area contributed by atoms with E-state index in [2.05, 4.69) is 21.8 Å². The summed E-state index contributed by atoms with van der Waals surface area (Å²) in [5.41, 5.74) is 1.15.